The van der Waals surface area contributed by atoms with Crippen LogP contribution >= 0.6 is 11.6 Å². The van der Waals surface area contributed by atoms with E-state index in [4.69, 9.17) is 21.0 Å². The molecular weight excluding hydrogens is 478 g/mol. The Morgan fingerprint density at radius 2 is 1.22 bits per heavy atom. The van der Waals surface area contributed by atoms with Crippen LogP contribution < -0.4 is 0 Å². The lowest BCUT2D eigenvalue weighted by molar-refractivity contribution is 0.0968. The lowest BCUT2D eigenvalue weighted by Gasteiger charge is -2.25. The fourth-order valence-electron chi connectivity index (χ4n) is 4.57. The van der Waals surface area contributed by atoms with Crippen molar-refractivity contribution in [3.8, 4) is 0 Å². The number of aliphatic imine (C=N–C) groups is 1. The number of furan rings is 1. The van der Waals surface area contributed by atoms with E-state index in [2.05, 4.69) is 0 Å². The summed E-state index contributed by atoms with van der Waals surface area (Å²) >= 11 is 6.73. The summed E-state index contributed by atoms with van der Waals surface area (Å²) < 4.78 is 5.94. The predicted octanol–water partition coefficient (Wildman–Crippen LogP) is 8.57. The first-order valence-electron chi connectivity index (χ1n) is 12.3. The molecule has 3 nitrogen and oxygen atoms in total. The number of ketones is 1. The fourth-order valence-corrected chi connectivity index (χ4v) is 4.84. The monoisotopic (exact) mass is 503 g/mol. The van der Waals surface area contributed by atoms with E-state index in [-0.39, 0.29) is 18.1 Å². The molecule has 0 bridgehead atoms. The quantitative estimate of drug-likeness (QED) is 0.149. The molecular formula is C33H26ClNO2. The molecule has 0 spiro atoms. The number of rotatable bonds is 9. The summed E-state index contributed by atoms with van der Waals surface area (Å²) in [6.45, 7) is 0. The van der Waals surface area contributed by atoms with Crippen LogP contribution in [0.15, 0.2) is 143 Å². The molecule has 2 atom stereocenters. The largest absolute Gasteiger partial charge is 0.467 e. The van der Waals surface area contributed by atoms with Crippen molar-refractivity contribution in [1.29, 1.82) is 0 Å². The van der Waals surface area contributed by atoms with Crippen molar-refractivity contribution in [1.82, 2.24) is 0 Å². The molecule has 0 saturated carbocycles. The summed E-state index contributed by atoms with van der Waals surface area (Å²) in [6.07, 6.45) is 1.87. The Balaban J connectivity index is 1.68. The maximum Gasteiger partial charge on any atom is 0.163 e. The van der Waals surface area contributed by atoms with Gasteiger partial charge in [0.25, 0.3) is 0 Å². The normalized spacial score (nSPS) is 12.5. The second kappa shape index (κ2) is 11.7. The van der Waals surface area contributed by atoms with E-state index in [1.165, 1.54) is 0 Å². The summed E-state index contributed by atoms with van der Waals surface area (Å²) in [7, 11) is 0. The van der Waals surface area contributed by atoms with Crippen LogP contribution in [0.25, 0.3) is 0 Å². The molecule has 4 heteroatoms. The van der Waals surface area contributed by atoms with Gasteiger partial charge in [-0.05, 0) is 23.8 Å². The predicted molar refractivity (Wildman–Crippen MR) is 150 cm³/mol. The van der Waals surface area contributed by atoms with Gasteiger partial charge >= 0.3 is 0 Å². The van der Waals surface area contributed by atoms with Crippen LogP contribution in [-0.2, 0) is 0 Å². The average Bonchev–Trinajstić information content (AvgIpc) is 3.49. The first kappa shape index (κ1) is 24.5. The van der Waals surface area contributed by atoms with Crippen molar-refractivity contribution in [2.75, 3.05) is 0 Å². The van der Waals surface area contributed by atoms with Gasteiger partial charge in [0.1, 0.15) is 11.8 Å². The Hall–Kier alpha value is -4.21. The molecule has 0 fully saturated rings. The minimum absolute atomic E-state index is 0.0262. The third-order valence-electron chi connectivity index (χ3n) is 6.38. The molecule has 0 N–H and O–H groups in total. The highest BCUT2D eigenvalue weighted by molar-refractivity contribution is 6.31. The Labute approximate surface area is 222 Å². The molecule has 1 aromatic heterocycles. The maximum atomic E-state index is 13.5. The van der Waals surface area contributed by atoms with Gasteiger partial charge in [0, 0.05) is 34.1 Å². The number of carbonyl (C=O) groups excluding carboxylic acids is 1. The van der Waals surface area contributed by atoms with E-state index < -0.39 is 6.04 Å². The van der Waals surface area contributed by atoms with E-state index in [1.807, 2.05) is 127 Å². The molecule has 1 heterocycles. The van der Waals surface area contributed by atoms with Gasteiger partial charge in [-0.15, -0.1) is 0 Å². The van der Waals surface area contributed by atoms with Gasteiger partial charge < -0.3 is 4.42 Å². The van der Waals surface area contributed by atoms with Gasteiger partial charge in [0.05, 0.1) is 12.0 Å². The lowest BCUT2D eigenvalue weighted by atomic mass is 9.84. The van der Waals surface area contributed by atoms with E-state index in [9.17, 15) is 4.79 Å². The van der Waals surface area contributed by atoms with Crippen molar-refractivity contribution in [2.45, 2.75) is 18.4 Å². The van der Waals surface area contributed by atoms with E-state index >= 15 is 0 Å². The number of Topliss-reactive ketones (excluding diaryl/α,β-unsaturated/α-hetero) is 1. The molecule has 0 aliphatic heterocycles. The third kappa shape index (κ3) is 5.79. The summed E-state index contributed by atoms with van der Waals surface area (Å²) in [5, 5.41) is 0.598. The van der Waals surface area contributed by atoms with Crippen molar-refractivity contribution < 1.29 is 9.21 Å². The second-order valence-corrected chi connectivity index (χ2v) is 9.20. The molecule has 0 aliphatic rings. The third-order valence-corrected chi connectivity index (χ3v) is 6.73. The van der Waals surface area contributed by atoms with Crippen molar-refractivity contribution in [3.63, 3.8) is 0 Å². The molecule has 4 aromatic carbocycles. The van der Waals surface area contributed by atoms with E-state index in [0.29, 0.717) is 16.3 Å². The highest BCUT2D eigenvalue weighted by atomic mass is 35.5. The summed E-state index contributed by atoms with van der Waals surface area (Å²) in [5.41, 5.74) is 4.31. The summed E-state index contributed by atoms with van der Waals surface area (Å²) in [6, 6.07) is 40.5. The van der Waals surface area contributed by atoms with E-state index in [0.717, 1.165) is 22.4 Å². The first-order chi connectivity index (χ1) is 18.2. The number of hydrogen-bond acceptors (Lipinski definition) is 3. The Bertz CT molecular complexity index is 1420. The topological polar surface area (TPSA) is 42.6 Å². The summed E-state index contributed by atoms with van der Waals surface area (Å²) in [4.78, 5) is 18.9. The van der Waals surface area contributed by atoms with Crippen LogP contribution in [0.4, 0.5) is 0 Å². The maximum absolute atomic E-state index is 13.5. The van der Waals surface area contributed by atoms with Gasteiger partial charge in [-0.1, -0.05) is 121 Å². The smallest absolute Gasteiger partial charge is 0.163 e. The van der Waals surface area contributed by atoms with Crippen molar-refractivity contribution in [2.24, 2.45) is 4.99 Å². The minimum Gasteiger partial charge on any atom is -0.467 e. The molecule has 5 rings (SSSR count). The molecule has 37 heavy (non-hydrogen) atoms. The van der Waals surface area contributed by atoms with Crippen LogP contribution in [0.1, 0.15) is 51.2 Å². The molecule has 0 radical (unpaired) electrons. The van der Waals surface area contributed by atoms with Gasteiger partial charge in [-0.3, -0.25) is 9.79 Å². The fraction of sp³-hybridized carbons (Fsp3) is 0.0909. The van der Waals surface area contributed by atoms with Crippen LogP contribution in [0, 0.1) is 0 Å². The number of carbonyl (C=O) groups is 1. The van der Waals surface area contributed by atoms with Gasteiger partial charge in [0.2, 0.25) is 0 Å². The number of halogens is 1. The van der Waals surface area contributed by atoms with Gasteiger partial charge in [-0.2, -0.15) is 0 Å². The highest BCUT2D eigenvalue weighted by Crippen LogP contribution is 2.41. The van der Waals surface area contributed by atoms with Gasteiger partial charge in [-0.25, -0.2) is 0 Å². The standard InChI is InChI=1S/C33H26ClNO2/c34-29-20-11-10-19-27(29)28(23-30(36)24-13-4-1-5-14-24)33(31-21-12-22-37-31)35-32(25-15-6-2-7-16-25)26-17-8-3-9-18-26/h1-22,28,33H,23H2. The number of nitrogens with zero attached hydrogens (tertiary/aromatic N) is 1. The average molecular weight is 504 g/mol. The SMILES string of the molecule is O=C(CC(c1ccccc1Cl)C(N=C(c1ccccc1)c1ccccc1)c1ccco1)c1ccccc1. The molecule has 182 valence electrons. The van der Waals surface area contributed by atoms with Crippen LogP contribution in [0.3, 0.4) is 0 Å². The van der Waals surface area contributed by atoms with Crippen molar-refractivity contribution in [3.05, 3.63) is 167 Å². The first-order valence-corrected chi connectivity index (χ1v) is 12.6. The molecule has 0 amide bonds. The van der Waals surface area contributed by atoms with Crippen LogP contribution in [0.2, 0.25) is 5.02 Å². The molecule has 0 aliphatic carbocycles. The zero-order valence-electron chi connectivity index (χ0n) is 20.2. The van der Waals surface area contributed by atoms with E-state index in [1.54, 1.807) is 6.26 Å². The van der Waals surface area contributed by atoms with Crippen molar-refractivity contribution >= 4 is 23.1 Å². The Kier molecular flexibility index (Phi) is 7.73. The van der Waals surface area contributed by atoms with Crippen LogP contribution in [-0.4, -0.2) is 11.5 Å². The van der Waals surface area contributed by atoms with Gasteiger partial charge in [0.15, 0.2) is 5.78 Å². The number of hydrogen-bond donors (Lipinski definition) is 0. The minimum atomic E-state index is -0.488. The summed E-state index contributed by atoms with van der Waals surface area (Å²) in [5.74, 6) is 0.350. The zero-order chi connectivity index (χ0) is 25.5. The Morgan fingerprint density at radius 3 is 1.76 bits per heavy atom. The molecule has 5 aromatic rings. The number of benzene rings is 4. The molecule has 2 unspecified atom stereocenters. The Morgan fingerprint density at radius 1 is 0.676 bits per heavy atom. The van der Waals surface area contributed by atoms with Crippen LogP contribution in [0.5, 0.6) is 0 Å². The molecule has 0 saturated heterocycles. The lowest BCUT2D eigenvalue weighted by Crippen LogP contribution is -2.17. The highest BCUT2D eigenvalue weighted by Gasteiger charge is 2.31. The zero-order valence-corrected chi connectivity index (χ0v) is 21.0. The second-order valence-electron chi connectivity index (χ2n) is 8.79.